The lowest BCUT2D eigenvalue weighted by atomic mass is 9.90. The summed E-state index contributed by atoms with van der Waals surface area (Å²) < 4.78 is 5.78. The Balaban J connectivity index is 2.59. The van der Waals surface area contributed by atoms with Gasteiger partial charge in [-0.3, -0.25) is 4.99 Å². The maximum atomic E-state index is 5.78. The first kappa shape index (κ1) is 26.7. The van der Waals surface area contributed by atoms with Crippen LogP contribution in [0.5, 0.6) is 0 Å². The first-order chi connectivity index (χ1) is 15.6. The van der Waals surface area contributed by atoms with Gasteiger partial charge in [0, 0.05) is 5.92 Å². The van der Waals surface area contributed by atoms with Crippen LogP contribution in [0.15, 0.2) is 52.0 Å². The minimum atomic E-state index is -0.207. The predicted octanol–water partition coefficient (Wildman–Crippen LogP) is 7.87. The number of ether oxygens (including phenoxy) is 1. The van der Waals surface area contributed by atoms with Gasteiger partial charge in [-0.15, -0.1) is 0 Å². The molecule has 3 heteroatoms. The van der Waals surface area contributed by atoms with E-state index in [1.54, 1.807) is 7.11 Å². The Bertz CT molecular complexity index is 968. The number of hydrogen-bond acceptors (Lipinski definition) is 3. The van der Waals surface area contributed by atoms with Gasteiger partial charge in [-0.1, -0.05) is 104 Å². The minimum absolute atomic E-state index is 0.207. The van der Waals surface area contributed by atoms with Gasteiger partial charge in [-0.2, -0.15) is 0 Å². The molecular weight excluding hydrogens is 404 g/mol. The molecule has 1 aliphatic carbocycles. The summed E-state index contributed by atoms with van der Waals surface area (Å²) in [5.41, 5.74) is 5.42. The normalized spacial score (nSPS) is 22.1. The molecule has 0 heterocycles. The molecule has 178 valence electrons. The molecule has 33 heavy (non-hydrogen) atoms. The molecule has 0 saturated carbocycles. The third-order valence-corrected chi connectivity index (χ3v) is 6.08. The number of methoxy groups -OCH3 is 1. The highest BCUT2D eigenvalue weighted by atomic mass is 16.5. The van der Waals surface area contributed by atoms with Crippen LogP contribution in [-0.2, 0) is 4.74 Å². The van der Waals surface area contributed by atoms with E-state index in [-0.39, 0.29) is 12.0 Å². The number of rotatable bonds is 7. The van der Waals surface area contributed by atoms with Crippen LogP contribution in [0.2, 0.25) is 0 Å². The van der Waals surface area contributed by atoms with Crippen molar-refractivity contribution < 1.29 is 4.74 Å². The number of benzene rings is 1. The van der Waals surface area contributed by atoms with E-state index in [0.717, 1.165) is 11.4 Å². The van der Waals surface area contributed by atoms with Crippen molar-refractivity contribution in [1.82, 2.24) is 0 Å². The highest BCUT2D eigenvalue weighted by Crippen LogP contribution is 2.35. The lowest BCUT2D eigenvalue weighted by Crippen LogP contribution is -2.20. The molecule has 0 bridgehead atoms. The molecule has 0 aliphatic heterocycles. The van der Waals surface area contributed by atoms with Crippen molar-refractivity contribution in [1.29, 1.82) is 0 Å². The molecule has 1 aliphatic rings. The summed E-state index contributed by atoms with van der Waals surface area (Å²) in [6, 6.07) is 6.24. The molecule has 0 radical (unpaired) electrons. The fourth-order valence-corrected chi connectivity index (χ4v) is 3.95. The number of nitrogens with zero attached hydrogens (tertiary/aromatic N) is 2. The van der Waals surface area contributed by atoms with Gasteiger partial charge in [0.25, 0.3) is 0 Å². The molecule has 2 atom stereocenters. The quantitative estimate of drug-likeness (QED) is 0.238. The number of hydrogen-bond donors (Lipinski definition) is 0. The molecule has 0 fully saturated rings. The Labute approximate surface area is 202 Å². The van der Waals surface area contributed by atoms with Gasteiger partial charge in [0.05, 0.1) is 18.5 Å². The van der Waals surface area contributed by atoms with E-state index in [1.165, 1.54) is 16.7 Å². The van der Waals surface area contributed by atoms with Crippen LogP contribution >= 0.6 is 0 Å². The zero-order valence-corrected chi connectivity index (χ0v) is 22.2. The van der Waals surface area contributed by atoms with Gasteiger partial charge in [-0.25, -0.2) is 4.99 Å². The first-order valence-electron chi connectivity index (χ1n) is 12.3. The number of para-hydroxylation sites is 1. The van der Waals surface area contributed by atoms with Gasteiger partial charge < -0.3 is 4.74 Å². The summed E-state index contributed by atoms with van der Waals surface area (Å²) in [7, 11) is 1.67. The summed E-state index contributed by atoms with van der Waals surface area (Å²) in [6.07, 6.45) is 6.53. The zero-order valence-electron chi connectivity index (χ0n) is 22.2. The Hall–Kier alpha value is -2.60. The van der Waals surface area contributed by atoms with E-state index in [0.29, 0.717) is 29.6 Å². The first-order valence-corrected chi connectivity index (χ1v) is 12.3. The van der Waals surface area contributed by atoms with Crippen LogP contribution in [0.4, 0.5) is 5.69 Å². The van der Waals surface area contributed by atoms with Crippen LogP contribution in [0.3, 0.4) is 0 Å². The molecule has 0 aromatic heterocycles. The Morgan fingerprint density at radius 3 is 2.00 bits per heavy atom. The topological polar surface area (TPSA) is 34.0 Å². The van der Waals surface area contributed by atoms with Gasteiger partial charge in [-0.05, 0) is 47.3 Å². The van der Waals surface area contributed by atoms with E-state index >= 15 is 0 Å². The summed E-state index contributed by atoms with van der Waals surface area (Å²) in [4.78, 5) is 10.1. The highest BCUT2D eigenvalue weighted by Gasteiger charge is 2.19. The van der Waals surface area contributed by atoms with Crippen molar-refractivity contribution in [3.63, 3.8) is 0 Å². The molecule has 0 saturated heterocycles. The molecular formula is C30H42N2O. The Morgan fingerprint density at radius 2 is 1.52 bits per heavy atom. The maximum Gasteiger partial charge on any atom is 0.235 e. The van der Waals surface area contributed by atoms with Gasteiger partial charge in [0.2, 0.25) is 5.90 Å². The third-order valence-electron chi connectivity index (χ3n) is 6.08. The molecule has 2 rings (SSSR count). The summed E-state index contributed by atoms with van der Waals surface area (Å²) in [5, 5.41) is 0. The SMILES string of the molecule is COC(=Nc1c(C(C)C)cccc1C(C)C)C(C)=NC1C#CC(C(C)C)/C=C\C=C/1C(C)C. The monoisotopic (exact) mass is 446 g/mol. The van der Waals surface area contributed by atoms with E-state index in [1.807, 2.05) is 6.92 Å². The third kappa shape index (κ3) is 6.94. The average Bonchev–Trinajstić information content (AvgIpc) is 2.72. The lowest BCUT2D eigenvalue weighted by Gasteiger charge is -2.20. The second-order valence-corrected chi connectivity index (χ2v) is 10.1. The van der Waals surface area contributed by atoms with Crippen molar-refractivity contribution in [3.8, 4) is 11.8 Å². The molecule has 1 aromatic carbocycles. The van der Waals surface area contributed by atoms with Crippen LogP contribution in [0.1, 0.15) is 85.3 Å². The van der Waals surface area contributed by atoms with Crippen molar-refractivity contribution in [2.75, 3.05) is 7.11 Å². The fourth-order valence-electron chi connectivity index (χ4n) is 3.95. The largest absolute Gasteiger partial charge is 0.480 e. The molecule has 3 nitrogen and oxygen atoms in total. The maximum absolute atomic E-state index is 5.78. The molecule has 0 spiro atoms. The van der Waals surface area contributed by atoms with Crippen molar-refractivity contribution >= 4 is 17.3 Å². The predicted molar refractivity (Wildman–Crippen MR) is 144 cm³/mol. The van der Waals surface area contributed by atoms with Crippen LogP contribution in [-0.4, -0.2) is 24.8 Å². The van der Waals surface area contributed by atoms with Crippen LogP contribution < -0.4 is 0 Å². The molecule has 1 aromatic rings. The Kier molecular flexibility index (Phi) is 9.71. The minimum Gasteiger partial charge on any atom is -0.480 e. The second-order valence-electron chi connectivity index (χ2n) is 10.1. The average molecular weight is 447 g/mol. The standard InChI is InChI=1S/C30H42N2O/c1-19(2)24-13-11-14-25(20(3)4)28(18-17-24)31-23(9)30(33-10)32-29-26(21(5)6)15-12-16-27(29)22(7)8/h11-16,19-22,24,28H,1-10H3/b13-11-,25-14-,31-23?,32-30?. The molecule has 0 amide bonds. The van der Waals surface area contributed by atoms with Gasteiger partial charge in [0.1, 0.15) is 6.04 Å². The molecule has 2 unspecified atom stereocenters. The van der Waals surface area contributed by atoms with E-state index < -0.39 is 0 Å². The zero-order chi connectivity index (χ0) is 24.7. The number of allylic oxidation sites excluding steroid dienone is 3. The summed E-state index contributed by atoms with van der Waals surface area (Å²) >= 11 is 0. The van der Waals surface area contributed by atoms with Crippen molar-refractivity contribution in [2.24, 2.45) is 27.7 Å². The lowest BCUT2D eigenvalue weighted by molar-refractivity contribution is 0.411. The summed E-state index contributed by atoms with van der Waals surface area (Å²) in [6.45, 7) is 19.6. The van der Waals surface area contributed by atoms with Gasteiger partial charge in [0.15, 0.2) is 0 Å². The van der Waals surface area contributed by atoms with Crippen molar-refractivity contribution in [2.45, 2.75) is 80.2 Å². The van der Waals surface area contributed by atoms with Crippen LogP contribution in [0, 0.1) is 29.6 Å². The van der Waals surface area contributed by atoms with Crippen molar-refractivity contribution in [3.05, 3.63) is 53.1 Å². The smallest absolute Gasteiger partial charge is 0.235 e. The Morgan fingerprint density at radius 1 is 0.909 bits per heavy atom. The van der Waals surface area contributed by atoms with Gasteiger partial charge >= 0.3 is 0 Å². The fraction of sp³-hybridized carbons (Fsp3) is 0.533. The molecule has 0 N–H and O–H groups in total. The van der Waals surface area contributed by atoms with Crippen LogP contribution in [0.25, 0.3) is 0 Å². The second kappa shape index (κ2) is 12.0. The summed E-state index contributed by atoms with van der Waals surface area (Å²) in [5.74, 6) is 9.22. The van der Waals surface area contributed by atoms with E-state index in [9.17, 15) is 0 Å². The highest BCUT2D eigenvalue weighted by molar-refractivity contribution is 6.38. The number of aliphatic imine (C=N–C) groups is 2. The van der Waals surface area contributed by atoms with E-state index in [2.05, 4.69) is 104 Å². The van der Waals surface area contributed by atoms with E-state index in [4.69, 9.17) is 14.7 Å².